The van der Waals surface area contributed by atoms with Gasteiger partial charge in [0.1, 0.15) is 6.33 Å². The van der Waals surface area contributed by atoms with Gasteiger partial charge in [0.25, 0.3) is 0 Å². The molecule has 0 atom stereocenters. The van der Waals surface area contributed by atoms with Gasteiger partial charge in [-0.25, -0.2) is 18.4 Å². The van der Waals surface area contributed by atoms with Crippen molar-refractivity contribution in [2.24, 2.45) is 5.73 Å². The summed E-state index contributed by atoms with van der Waals surface area (Å²) >= 11 is 3.34. The van der Waals surface area contributed by atoms with Gasteiger partial charge < -0.3 is 5.73 Å². The van der Waals surface area contributed by atoms with Crippen LogP contribution < -0.4 is 11.4 Å². The molecule has 0 radical (unpaired) electrons. The highest BCUT2D eigenvalue weighted by Gasteiger charge is 2.08. The summed E-state index contributed by atoms with van der Waals surface area (Å²) in [6, 6.07) is 7.25. The molecule has 2 N–H and O–H groups in total. The van der Waals surface area contributed by atoms with Crippen LogP contribution in [-0.4, -0.2) is 20.9 Å². The van der Waals surface area contributed by atoms with E-state index in [0.717, 1.165) is 4.47 Å². The van der Waals surface area contributed by atoms with E-state index in [4.69, 9.17) is 5.73 Å². The number of aromatic nitrogens is 3. The Morgan fingerprint density at radius 1 is 1.50 bits per heavy atom. The highest BCUT2D eigenvalue weighted by atomic mass is 79.9. The van der Waals surface area contributed by atoms with Crippen LogP contribution in [0.25, 0.3) is 5.69 Å². The molecule has 1 heterocycles. The zero-order chi connectivity index (χ0) is 13.8. The molecule has 2 aromatic rings. The molecule has 0 saturated heterocycles. The maximum absolute atomic E-state index is 12.5. The van der Waals surface area contributed by atoms with Gasteiger partial charge in [0, 0.05) is 11.0 Å². The molecular formula is C12H13BrClFN4O. The van der Waals surface area contributed by atoms with E-state index in [1.807, 2.05) is 12.1 Å². The molecule has 5 nitrogen and oxygen atoms in total. The van der Waals surface area contributed by atoms with Crippen molar-refractivity contribution >= 4 is 28.3 Å². The number of nitrogens with zero attached hydrogens (tertiary/aromatic N) is 3. The van der Waals surface area contributed by atoms with Crippen LogP contribution in [0.4, 0.5) is 4.39 Å². The summed E-state index contributed by atoms with van der Waals surface area (Å²) in [5.41, 5.74) is 6.00. The van der Waals surface area contributed by atoms with Gasteiger partial charge in [-0.05, 0) is 23.8 Å². The van der Waals surface area contributed by atoms with Gasteiger partial charge >= 0.3 is 5.69 Å². The number of nitrogens with two attached hydrogens (primary N) is 1. The molecule has 0 saturated carbocycles. The second kappa shape index (κ2) is 7.37. The molecule has 0 amide bonds. The van der Waals surface area contributed by atoms with Gasteiger partial charge in [-0.1, -0.05) is 22.0 Å². The Hall–Kier alpha value is -1.44. The van der Waals surface area contributed by atoms with Crippen LogP contribution in [0.2, 0.25) is 0 Å². The molecular weight excluding hydrogens is 351 g/mol. The highest BCUT2D eigenvalue weighted by molar-refractivity contribution is 9.10. The van der Waals surface area contributed by atoms with Crippen molar-refractivity contribution in [2.75, 3.05) is 6.54 Å². The fourth-order valence-corrected chi connectivity index (χ4v) is 1.97. The molecule has 0 spiro atoms. The summed E-state index contributed by atoms with van der Waals surface area (Å²) in [6.45, 7) is 0.0967. The van der Waals surface area contributed by atoms with E-state index in [1.165, 1.54) is 15.6 Å². The van der Waals surface area contributed by atoms with E-state index in [2.05, 4.69) is 21.0 Å². The third kappa shape index (κ3) is 3.56. The first kappa shape index (κ1) is 16.6. The maximum Gasteiger partial charge on any atom is 0.350 e. The number of rotatable bonds is 4. The molecule has 8 heteroatoms. The number of benzene rings is 1. The third-order valence-electron chi connectivity index (χ3n) is 2.59. The van der Waals surface area contributed by atoms with Crippen LogP contribution >= 0.6 is 28.3 Å². The molecule has 0 aliphatic rings. The average Bonchev–Trinajstić information content (AvgIpc) is 2.77. The SMILES string of the molecule is Cl.NC/C(=C/F)Cn1ncn(-c2cccc(Br)c2)c1=O. The molecule has 108 valence electrons. The van der Waals surface area contributed by atoms with E-state index >= 15 is 0 Å². The maximum atomic E-state index is 12.5. The number of halogens is 3. The Morgan fingerprint density at radius 3 is 2.85 bits per heavy atom. The van der Waals surface area contributed by atoms with Gasteiger partial charge in [0.15, 0.2) is 0 Å². The zero-order valence-corrected chi connectivity index (χ0v) is 12.8. The summed E-state index contributed by atoms with van der Waals surface area (Å²) in [5.74, 6) is 0. The van der Waals surface area contributed by atoms with Crippen molar-refractivity contribution in [3.05, 3.63) is 57.5 Å². The second-order valence-corrected chi connectivity index (χ2v) is 4.81. The van der Waals surface area contributed by atoms with Gasteiger partial charge in [-0.2, -0.15) is 5.10 Å². The minimum atomic E-state index is -0.342. The first-order valence-corrected chi connectivity index (χ1v) is 6.33. The molecule has 0 aliphatic carbocycles. The van der Waals surface area contributed by atoms with Gasteiger partial charge in [-0.3, -0.25) is 0 Å². The predicted molar refractivity (Wildman–Crippen MR) is 81.0 cm³/mol. The lowest BCUT2D eigenvalue weighted by atomic mass is 10.3. The first-order chi connectivity index (χ1) is 9.15. The minimum absolute atomic E-state index is 0. The lowest BCUT2D eigenvalue weighted by Crippen LogP contribution is -2.25. The molecule has 20 heavy (non-hydrogen) atoms. The minimum Gasteiger partial charge on any atom is -0.327 e. The standard InChI is InChI=1S/C12H12BrFN4O.ClH/c13-10-2-1-3-11(4-10)17-8-16-18(12(17)19)7-9(5-14)6-15;/h1-5,8H,6-7,15H2;1H/b9-5-;. The van der Waals surface area contributed by atoms with Crippen LogP contribution in [0.5, 0.6) is 0 Å². The Balaban J connectivity index is 0.00000200. The lowest BCUT2D eigenvalue weighted by Gasteiger charge is -2.02. The zero-order valence-electron chi connectivity index (χ0n) is 10.4. The van der Waals surface area contributed by atoms with E-state index < -0.39 is 0 Å². The van der Waals surface area contributed by atoms with Crippen LogP contribution in [0.1, 0.15) is 0 Å². The van der Waals surface area contributed by atoms with E-state index in [1.54, 1.807) is 12.1 Å². The van der Waals surface area contributed by atoms with Crippen molar-refractivity contribution in [1.82, 2.24) is 14.3 Å². The normalized spacial score (nSPS) is 11.2. The Morgan fingerprint density at radius 2 is 2.25 bits per heavy atom. The molecule has 0 aliphatic heterocycles. The van der Waals surface area contributed by atoms with Crippen LogP contribution in [-0.2, 0) is 6.54 Å². The van der Waals surface area contributed by atoms with E-state index in [-0.39, 0.29) is 31.2 Å². The summed E-state index contributed by atoms with van der Waals surface area (Å²) in [4.78, 5) is 12.1. The van der Waals surface area contributed by atoms with Gasteiger partial charge in [0.2, 0.25) is 0 Å². The molecule has 2 rings (SSSR count). The summed E-state index contributed by atoms with van der Waals surface area (Å²) in [5, 5.41) is 3.95. The van der Waals surface area contributed by atoms with Gasteiger partial charge in [-0.15, -0.1) is 12.4 Å². The predicted octanol–water partition coefficient (Wildman–Crippen LogP) is 2.03. The topological polar surface area (TPSA) is 65.8 Å². The van der Waals surface area contributed by atoms with Crippen molar-refractivity contribution in [3.63, 3.8) is 0 Å². The molecule has 0 unspecified atom stereocenters. The quantitative estimate of drug-likeness (QED) is 0.904. The van der Waals surface area contributed by atoms with E-state index in [0.29, 0.717) is 17.6 Å². The number of hydrogen-bond donors (Lipinski definition) is 1. The summed E-state index contributed by atoms with van der Waals surface area (Å²) in [7, 11) is 0. The summed E-state index contributed by atoms with van der Waals surface area (Å²) < 4.78 is 15.9. The molecule has 0 fully saturated rings. The Bertz CT molecular complexity index is 667. The fourth-order valence-electron chi connectivity index (χ4n) is 1.58. The van der Waals surface area contributed by atoms with Crippen molar-refractivity contribution in [3.8, 4) is 5.69 Å². The lowest BCUT2D eigenvalue weighted by molar-refractivity contribution is 0.612. The monoisotopic (exact) mass is 362 g/mol. The fraction of sp³-hybridized carbons (Fsp3) is 0.167. The Labute approximate surface area is 129 Å². The van der Waals surface area contributed by atoms with Crippen molar-refractivity contribution < 1.29 is 4.39 Å². The molecule has 1 aromatic heterocycles. The average molecular weight is 364 g/mol. The largest absolute Gasteiger partial charge is 0.350 e. The second-order valence-electron chi connectivity index (χ2n) is 3.89. The first-order valence-electron chi connectivity index (χ1n) is 5.54. The van der Waals surface area contributed by atoms with Gasteiger partial charge in [0.05, 0.1) is 18.6 Å². The molecule has 0 bridgehead atoms. The third-order valence-corrected chi connectivity index (χ3v) is 3.08. The Kier molecular flexibility index (Phi) is 6.12. The molecule has 1 aromatic carbocycles. The van der Waals surface area contributed by atoms with Crippen LogP contribution in [0.3, 0.4) is 0 Å². The van der Waals surface area contributed by atoms with Crippen LogP contribution in [0.15, 0.2) is 51.8 Å². The summed E-state index contributed by atoms with van der Waals surface area (Å²) in [6.07, 6.45) is 1.81. The smallest absolute Gasteiger partial charge is 0.327 e. The number of hydrogen-bond acceptors (Lipinski definition) is 3. The highest BCUT2D eigenvalue weighted by Crippen LogP contribution is 2.13. The van der Waals surface area contributed by atoms with Crippen molar-refractivity contribution in [2.45, 2.75) is 6.54 Å². The van der Waals surface area contributed by atoms with Crippen LogP contribution in [0, 0.1) is 0 Å². The van der Waals surface area contributed by atoms with E-state index in [9.17, 15) is 9.18 Å². The van der Waals surface area contributed by atoms with Crippen molar-refractivity contribution in [1.29, 1.82) is 0 Å².